The minimum Gasteiger partial charge on any atom is -0.497 e. The molecule has 3 N–H and O–H groups in total. The fraction of sp³-hybridized carbons (Fsp3) is 0.300. The SMILES string of the molecule is COc1cccc(N2CC(C(=O)NCCc3ccc(S(N)(=O)=O)cc3)CC2=O)c1. The smallest absolute Gasteiger partial charge is 0.238 e. The van der Waals surface area contributed by atoms with Crippen molar-refractivity contribution in [2.24, 2.45) is 11.1 Å². The molecule has 0 spiro atoms. The fourth-order valence-corrected chi connectivity index (χ4v) is 3.75. The second-order valence-corrected chi connectivity index (χ2v) is 8.40. The number of primary sulfonamides is 1. The van der Waals surface area contributed by atoms with E-state index in [1.807, 2.05) is 6.07 Å². The highest BCUT2D eigenvalue weighted by molar-refractivity contribution is 7.89. The van der Waals surface area contributed by atoms with Crippen LogP contribution in [0.3, 0.4) is 0 Å². The van der Waals surface area contributed by atoms with Crippen LogP contribution in [-0.2, 0) is 26.0 Å². The maximum atomic E-state index is 12.5. The molecule has 1 saturated heterocycles. The zero-order chi connectivity index (χ0) is 21.0. The van der Waals surface area contributed by atoms with Gasteiger partial charge in [0.15, 0.2) is 0 Å². The average molecular weight is 417 g/mol. The topological polar surface area (TPSA) is 119 Å². The number of carbonyl (C=O) groups excluding carboxylic acids is 2. The number of ether oxygens (including phenoxy) is 1. The van der Waals surface area contributed by atoms with E-state index in [0.29, 0.717) is 30.9 Å². The Balaban J connectivity index is 1.53. The van der Waals surface area contributed by atoms with Gasteiger partial charge < -0.3 is 15.0 Å². The van der Waals surface area contributed by atoms with Gasteiger partial charge in [0.1, 0.15) is 5.75 Å². The van der Waals surface area contributed by atoms with Crippen molar-refractivity contribution in [1.29, 1.82) is 0 Å². The second kappa shape index (κ2) is 8.62. The van der Waals surface area contributed by atoms with Gasteiger partial charge in [0.2, 0.25) is 21.8 Å². The molecule has 1 aliphatic heterocycles. The molecule has 2 aromatic carbocycles. The van der Waals surface area contributed by atoms with E-state index >= 15 is 0 Å². The van der Waals surface area contributed by atoms with Crippen LogP contribution in [0.2, 0.25) is 0 Å². The molecule has 154 valence electrons. The highest BCUT2D eigenvalue weighted by Crippen LogP contribution is 2.27. The number of nitrogens with one attached hydrogen (secondary N) is 1. The quantitative estimate of drug-likeness (QED) is 0.698. The summed E-state index contributed by atoms with van der Waals surface area (Å²) in [6, 6.07) is 13.4. The predicted molar refractivity (Wildman–Crippen MR) is 108 cm³/mol. The van der Waals surface area contributed by atoms with E-state index in [4.69, 9.17) is 9.88 Å². The molecule has 2 amide bonds. The lowest BCUT2D eigenvalue weighted by atomic mass is 10.1. The molecule has 1 unspecified atom stereocenters. The van der Waals surface area contributed by atoms with Crippen molar-refractivity contribution < 1.29 is 22.7 Å². The van der Waals surface area contributed by atoms with Gasteiger partial charge in [-0.3, -0.25) is 9.59 Å². The van der Waals surface area contributed by atoms with Gasteiger partial charge in [-0.05, 0) is 36.2 Å². The summed E-state index contributed by atoms with van der Waals surface area (Å²) in [4.78, 5) is 26.4. The number of nitrogens with two attached hydrogens (primary N) is 1. The molecule has 3 rings (SSSR count). The van der Waals surface area contributed by atoms with Crippen molar-refractivity contribution in [1.82, 2.24) is 5.32 Å². The molecule has 0 aromatic heterocycles. The van der Waals surface area contributed by atoms with Crippen LogP contribution < -0.4 is 20.1 Å². The van der Waals surface area contributed by atoms with Gasteiger partial charge in [-0.15, -0.1) is 0 Å². The number of anilines is 1. The Bertz CT molecular complexity index is 1010. The summed E-state index contributed by atoms with van der Waals surface area (Å²) >= 11 is 0. The summed E-state index contributed by atoms with van der Waals surface area (Å²) in [5, 5.41) is 7.92. The van der Waals surface area contributed by atoms with Crippen molar-refractivity contribution in [3.8, 4) is 5.75 Å². The predicted octanol–water partition coefficient (Wildman–Crippen LogP) is 1.05. The van der Waals surface area contributed by atoms with E-state index in [2.05, 4.69) is 5.32 Å². The Morgan fingerprint density at radius 2 is 1.97 bits per heavy atom. The van der Waals surface area contributed by atoms with Crippen LogP contribution in [0.25, 0.3) is 0 Å². The highest BCUT2D eigenvalue weighted by Gasteiger charge is 2.35. The zero-order valence-electron chi connectivity index (χ0n) is 16.0. The number of hydrogen-bond acceptors (Lipinski definition) is 5. The molecule has 1 fully saturated rings. The summed E-state index contributed by atoms with van der Waals surface area (Å²) in [7, 11) is -2.16. The van der Waals surface area contributed by atoms with E-state index in [9.17, 15) is 18.0 Å². The third-order valence-corrected chi connectivity index (χ3v) is 5.75. The van der Waals surface area contributed by atoms with Gasteiger partial charge in [0, 0.05) is 31.3 Å². The number of hydrogen-bond donors (Lipinski definition) is 2. The molecule has 9 heteroatoms. The Hall–Kier alpha value is -2.91. The Morgan fingerprint density at radius 1 is 1.24 bits per heavy atom. The summed E-state index contributed by atoms with van der Waals surface area (Å²) in [5.41, 5.74) is 1.58. The summed E-state index contributed by atoms with van der Waals surface area (Å²) in [6.07, 6.45) is 0.697. The summed E-state index contributed by atoms with van der Waals surface area (Å²) < 4.78 is 27.7. The number of rotatable bonds is 7. The van der Waals surface area contributed by atoms with Gasteiger partial charge in [-0.2, -0.15) is 0 Å². The Morgan fingerprint density at radius 3 is 2.62 bits per heavy atom. The zero-order valence-corrected chi connectivity index (χ0v) is 16.8. The molecule has 29 heavy (non-hydrogen) atoms. The standard InChI is InChI=1S/C20H23N3O5S/c1-28-17-4-2-3-16(12-17)23-13-15(11-19(23)24)20(25)22-10-9-14-5-7-18(8-6-14)29(21,26)27/h2-8,12,15H,9-11,13H2,1H3,(H,22,25)(H2,21,26,27). The molecule has 0 radical (unpaired) electrons. The minimum atomic E-state index is -3.72. The maximum Gasteiger partial charge on any atom is 0.238 e. The van der Waals surface area contributed by atoms with Crippen molar-refractivity contribution in [3.63, 3.8) is 0 Å². The third kappa shape index (κ3) is 5.12. The average Bonchev–Trinajstić information content (AvgIpc) is 3.09. The molecule has 8 nitrogen and oxygen atoms in total. The highest BCUT2D eigenvalue weighted by atomic mass is 32.2. The summed E-state index contributed by atoms with van der Waals surface area (Å²) in [6.45, 7) is 0.707. The van der Waals surface area contributed by atoms with Gasteiger partial charge >= 0.3 is 0 Å². The number of sulfonamides is 1. The molecular weight excluding hydrogens is 394 g/mol. The molecule has 1 aliphatic rings. The van der Waals surface area contributed by atoms with Crippen LogP contribution in [0.4, 0.5) is 5.69 Å². The molecule has 1 heterocycles. The molecular formula is C20H23N3O5S. The molecule has 0 aliphatic carbocycles. The molecule has 2 aromatic rings. The number of benzene rings is 2. The van der Waals surface area contributed by atoms with Crippen molar-refractivity contribution in [2.75, 3.05) is 25.1 Å². The first-order valence-corrected chi connectivity index (χ1v) is 10.7. The molecule has 1 atom stereocenters. The van der Waals surface area contributed by atoms with Gasteiger partial charge in [0.05, 0.1) is 17.9 Å². The first-order valence-electron chi connectivity index (χ1n) is 9.12. The molecule has 0 bridgehead atoms. The van der Waals surface area contributed by atoms with Crippen LogP contribution in [0.5, 0.6) is 5.75 Å². The lowest BCUT2D eigenvalue weighted by molar-refractivity contribution is -0.126. The molecule has 0 saturated carbocycles. The van der Waals surface area contributed by atoms with Crippen LogP contribution in [0, 0.1) is 5.92 Å². The first kappa shape index (κ1) is 20.8. The second-order valence-electron chi connectivity index (χ2n) is 6.84. The van der Waals surface area contributed by atoms with Crippen LogP contribution in [-0.4, -0.2) is 40.4 Å². The number of nitrogens with zero attached hydrogens (tertiary/aromatic N) is 1. The largest absolute Gasteiger partial charge is 0.497 e. The number of carbonyl (C=O) groups is 2. The van der Waals surface area contributed by atoms with Crippen molar-refractivity contribution in [2.45, 2.75) is 17.7 Å². The van der Waals surface area contributed by atoms with Crippen LogP contribution in [0.1, 0.15) is 12.0 Å². The minimum absolute atomic E-state index is 0.0485. The van der Waals surface area contributed by atoms with Gasteiger partial charge in [0.25, 0.3) is 0 Å². The van der Waals surface area contributed by atoms with E-state index < -0.39 is 15.9 Å². The first-order chi connectivity index (χ1) is 13.8. The van der Waals surface area contributed by atoms with Gasteiger partial charge in [-0.1, -0.05) is 18.2 Å². The van der Waals surface area contributed by atoms with E-state index in [1.165, 1.54) is 12.1 Å². The normalized spacial score (nSPS) is 16.7. The van der Waals surface area contributed by atoms with E-state index in [1.54, 1.807) is 42.3 Å². The van der Waals surface area contributed by atoms with Crippen molar-refractivity contribution >= 4 is 27.5 Å². The maximum absolute atomic E-state index is 12.5. The Labute approximate surface area is 169 Å². The van der Waals surface area contributed by atoms with Crippen LogP contribution >= 0.6 is 0 Å². The number of amides is 2. The lowest BCUT2D eigenvalue weighted by Crippen LogP contribution is -2.34. The Kier molecular flexibility index (Phi) is 6.19. The van der Waals surface area contributed by atoms with Crippen LogP contribution in [0.15, 0.2) is 53.4 Å². The van der Waals surface area contributed by atoms with E-state index in [-0.39, 0.29) is 23.1 Å². The lowest BCUT2D eigenvalue weighted by Gasteiger charge is -2.17. The number of methoxy groups -OCH3 is 1. The van der Waals surface area contributed by atoms with E-state index in [0.717, 1.165) is 5.56 Å². The summed E-state index contributed by atoms with van der Waals surface area (Å²) in [5.74, 6) is -0.0444. The monoisotopic (exact) mass is 417 g/mol. The van der Waals surface area contributed by atoms with Gasteiger partial charge in [-0.25, -0.2) is 13.6 Å². The third-order valence-electron chi connectivity index (χ3n) is 4.83. The van der Waals surface area contributed by atoms with Crippen molar-refractivity contribution in [3.05, 3.63) is 54.1 Å². The fourth-order valence-electron chi connectivity index (χ4n) is 3.23.